The number of fused-ring (bicyclic) bond motifs is 1. The van der Waals surface area contributed by atoms with Crippen LogP contribution in [-0.2, 0) is 4.74 Å². The molecule has 1 amide bonds. The van der Waals surface area contributed by atoms with E-state index in [1.165, 1.54) is 6.42 Å². The van der Waals surface area contributed by atoms with E-state index < -0.39 is 0 Å². The van der Waals surface area contributed by atoms with E-state index in [0.717, 1.165) is 68.4 Å². The maximum absolute atomic E-state index is 13.0. The van der Waals surface area contributed by atoms with Gasteiger partial charge in [0.1, 0.15) is 17.4 Å². The molecule has 0 bridgehead atoms. The number of carbonyl (C=O) groups is 1. The van der Waals surface area contributed by atoms with E-state index in [9.17, 15) is 4.79 Å². The molecule has 39 heavy (non-hydrogen) atoms. The fourth-order valence-electron chi connectivity index (χ4n) is 5.23. The summed E-state index contributed by atoms with van der Waals surface area (Å²) in [6.45, 7) is 6.05. The van der Waals surface area contributed by atoms with Crippen molar-refractivity contribution in [2.75, 3.05) is 60.8 Å². The molecular formula is C29H35N7O3. The third kappa shape index (κ3) is 5.29. The largest absolute Gasteiger partial charge is 0.494 e. The topological polar surface area (TPSA) is 113 Å². The number of amides is 1. The van der Waals surface area contributed by atoms with Gasteiger partial charge in [-0.15, -0.1) is 0 Å². The van der Waals surface area contributed by atoms with Crippen LogP contribution in [0.4, 0.5) is 34.6 Å². The fourth-order valence-corrected chi connectivity index (χ4v) is 5.23. The highest BCUT2D eigenvalue weighted by molar-refractivity contribution is 6.00. The van der Waals surface area contributed by atoms with E-state index in [0.29, 0.717) is 28.8 Å². The molecule has 2 fully saturated rings. The molecule has 10 heteroatoms. The third-order valence-electron chi connectivity index (χ3n) is 7.69. The molecule has 1 aromatic heterocycles. The van der Waals surface area contributed by atoms with Gasteiger partial charge in [0, 0.05) is 48.9 Å². The van der Waals surface area contributed by atoms with Crippen molar-refractivity contribution in [3.63, 3.8) is 0 Å². The molecular weight excluding hydrogens is 494 g/mol. The van der Waals surface area contributed by atoms with Gasteiger partial charge in [-0.05, 0) is 43.5 Å². The lowest BCUT2D eigenvalue weighted by Gasteiger charge is -2.29. The van der Waals surface area contributed by atoms with E-state index in [1.807, 2.05) is 36.4 Å². The van der Waals surface area contributed by atoms with Crippen LogP contribution in [0.5, 0.6) is 5.75 Å². The van der Waals surface area contributed by atoms with Crippen LogP contribution < -0.4 is 30.9 Å². The quantitative estimate of drug-likeness (QED) is 0.332. The first-order valence-corrected chi connectivity index (χ1v) is 13.7. The molecule has 3 aromatic rings. The van der Waals surface area contributed by atoms with Crippen LogP contribution in [0.1, 0.15) is 48.0 Å². The molecule has 6 rings (SSSR count). The lowest BCUT2D eigenvalue weighted by Crippen LogP contribution is -2.39. The number of ether oxygens (including phenoxy) is 2. The summed E-state index contributed by atoms with van der Waals surface area (Å²) >= 11 is 0. The number of carbonyl (C=O) groups excluding carboxylic acids is 1. The number of nitrogens with one attached hydrogen (secondary N) is 4. The van der Waals surface area contributed by atoms with Crippen LogP contribution in [-0.4, -0.2) is 61.9 Å². The Bertz CT molecular complexity index is 1350. The number of hydrogen-bond donors (Lipinski definition) is 4. The monoisotopic (exact) mass is 529 g/mol. The lowest BCUT2D eigenvalue weighted by molar-refractivity contribution is 0.0918. The minimum Gasteiger partial charge on any atom is -0.494 e. The summed E-state index contributed by atoms with van der Waals surface area (Å²) in [7, 11) is 1.66. The van der Waals surface area contributed by atoms with Crippen molar-refractivity contribution in [1.82, 2.24) is 15.3 Å². The van der Waals surface area contributed by atoms with Gasteiger partial charge in [0.05, 0.1) is 37.3 Å². The second-order valence-electron chi connectivity index (χ2n) is 10.3. The molecule has 204 valence electrons. The molecule has 1 aliphatic carbocycles. The number of nitrogens with zero attached hydrogens (tertiary/aromatic N) is 3. The molecule has 3 heterocycles. The predicted molar refractivity (Wildman–Crippen MR) is 153 cm³/mol. The van der Waals surface area contributed by atoms with Crippen molar-refractivity contribution in [2.24, 2.45) is 0 Å². The van der Waals surface area contributed by atoms with Crippen molar-refractivity contribution < 1.29 is 14.3 Å². The minimum atomic E-state index is -0.0666. The highest BCUT2D eigenvalue weighted by atomic mass is 16.5. The van der Waals surface area contributed by atoms with Crippen LogP contribution >= 0.6 is 0 Å². The summed E-state index contributed by atoms with van der Waals surface area (Å²) < 4.78 is 11.2. The Balaban J connectivity index is 1.29. The standard InChI is InChI=1S/C29H35N7O3/c1-18-17-30-26-25(18)27(32-22-9-4-3-8-21(22)28(37)31-19-6-5-7-19)35-29(34-26)33-23-11-10-20(16-24(23)38-2)36-12-14-39-15-13-36/h3-4,8-11,16,18-19H,5-7,12-15,17H2,1-2H3,(H,31,37)(H3,30,32,33,34,35)/t18-/m1/s1. The molecule has 1 saturated heterocycles. The zero-order valence-electron chi connectivity index (χ0n) is 22.4. The molecule has 0 radical (unpaired) electrons. The number of anilines is 6. The van der Waals surface area contributed by atoms with Crippen LogP contribution in [0.2, 0.25) is 0 Å². The normalized spacial score (nSPS) is 18.5. The van der Waals surface area contributed by atoms with Crippen molar-refractivity contribution in [3.8, 4) is 5.75 Å². The number of benzene rings is 2. The SMILES string of the molecule is COc1cc(N2CCOCC2)ccc1Nc1nc2c(c(Nc3ccccc3C(=O)NC3CCC3)n1)[C@H](C)CN2. The van der Waals surface area contributed by atoms with Crippen LogP contribution in [0.25, 0.3) is 0 Å². The number of methoxy groups -OCH3 is 1. The second kappa shape index (κ2) is 11.0. The van der Waals surface area contributed by atoms with Gasteiger partial charge in [-0.1, -0.05) is 19.1 Å². The van der Waals surface area contributed by atoms with Gasteiger partial charge in [0.15, 0.2) is 0 Å². The molecule has 10 nitrogen and oxygen atoms in total. The van der Waals surface area contributed by atoms with E-state index in [2.05, 4.69) is 39.2 Å². The average molecular weight is 530 g/mol. The Morgan fingerprint density at radius 1 is 1.08 bits per heavy atom. The van der Waals surface area contributed by atoms with Gasteiger partial charge in [0.25, 0.3) is 5.91 Å². The number of hydrogen-bond acceptors (Lipinski definition) is 9. The van der Waals surface area contributed by atoms with Gasteiger partial charge in [-0.3, -0.25) is 4.79 Å². The first-order valence-electron chi connectivity index (χ1n) is 13.7. The summed E-state index contributed by atoms with van der Waals surface area (Å²) in [5.41, 5.74) is 4.18. The summed E-state index contributed by atoms with van der Waals surface area (Å²) in [5, 5.41) is 13.4. The Morgan fingerprint density at radius 2 is 1.90 bits per heavy atom. The van der Waals surface area contributed by atoms with Crippen molar-refractivity contribution in [2.45, 2.75) is 38.1 Å². The van der Waals surface area contributed by atoms with Crippen LogP contribution in [0, 0.1) is 0 Å². The third-order valence-corrected chi connectivity index (χ3v) is 7.69. The maximum Gasteiger partial charge on any atom is 0.253 e. The van der Waals surface area contributed by atoms with Gasteiger partial charge in [0.2, 0.25) is 5.95 Å². The van der Waals surface area contributed by atoms with E-state index in [1.54, 1.807) is 7.11 Å². The van der Waals surface area contributed by atoms with Crippen molar-refractivity contribution in [3.05, 3.63) is 53.6 Å². The zero-order valence-corrected chi connectivity index (χ0v) is 22.4. The van der Waals surface area contributed by atoms with Crippen molar-refractivity contribution >= 4 is 40.6 Å². The lowest BCUT2D eigenvalue weighted by atomic mass is 9.93. The predicted octanol–water partition coefficient (Wildman–Crippen LogP) is 4.62. The Labute approximate surface area is 228 Å². The average Bonchev–Trinajstić information content (AvgIpc) is 3.32. The van der Waals surface area contributed by atoms with Gasteiger partial charge < -0.3 is 35.6 Å². The molecule has 1 atom stereocenters. The first kappa shape index (κ1) is 25.2. The number of para-hydroxylation sites is 1. The van der Waals surface area contributed by atoms with Gasteiger partial charge in [-0.25, -0.2) is 0 Å². The summed E-state index contributed by atoms with van der Waals surface area (Å²) in [6, 6.07) is 13.9. The van der Waals surface area contributed by atoms with Crippen LogP contribution in [0.15, 0.2) is 42.5 Å². The second-order valence-corrected chi connectivity index (χ2v) is 10.3. The number of rotatable bonds is 8. The fraction of sp³-hybridized carbons (Fsp3) is 0.414. The minimum absolute atomic E-state index is 0.0666. The molecule has 1 saturated carbocycles. The first-order chi connectivity index (χ1) is 19.1. The van der Waals surface area contributed by atoms with E-state index in [4.69, 9.17) is 19.4 Å². The Kier molecular flexibility index (Phi) is 7.10. The highest BCUT2D eigenvalue weighted by Gasteiger charge is 2.27. The maximum atomic E-state index is 13.0. The Hall–Kier alpha value is -4.05. The van der Waals surface area contributed by atoms with E-state index in [-0.39, 0.29) is 17.9 Å². The van der Waals surface area contributed by atoms with Gasteiger partial charge >= 0.3 is 0 Å². The molecule has 4 N–H and O–H groups in total. The molecule has 3 aliphatic rings. The van der Waals surface area contributed by atoms with Crippen LogP contribution in [0.3, 0.4) is 0 Å². The Morgan fingerprint density at radius 3 is 2.67 bits per heavy atom. The smallest absolute Gasteiger partial charge is 0.253 e. The molecule has 0 spiro atoms. The molecule has 2 aromatic carbocycles. The molecule has 0 unspecified atom stereocenters. The zero-order chi connectivity index (χ0) is 26.8. The number of morpholine rings is 1. The van der Waals surface area contributed by atoms with E-state index >= 15 is 0 Å². The number of aromatic nitrogens is 2. The van der Waals surface area contributed by atoms with Crippen molar-refractivity contribution in [1.29, 1.82) is 0 Å². The summed E-state index contributed by atoms with van der Waals surface area (Å²) in [6.07, 6.45) is 3.24. The molecule has 2 aliphatic heterocycles. The summed E-state index contributed by atoms with van der Waals surface area (Å²) in [4.78, 5) is 25.0. The van der Waals surface area contributed by atoms with Gasteiger partial charge in [-0.2, -0.15) is 9.97 Å². The highest BCUT2D eigenvalue weighted by Crippen LogP contribution is 2.39. The summed E-state index contributed by atoms with van der Waals surface area (Å²) in [5.74, 6) is 2.75.